The molecule has 0 aliphatic heterocycles. The summed E-state index contributed by atoms with van der Waals surface area (Å²) in [5.41, 5.74) is 13.2. The predicted octanol–water partition coefficient (Wildman–Crippen LogP) is 1.61. The number of esters is 1. The number of thioether (sulfide) groups is 1. The van der Waals surface area contributed by atoms with Crippen LogP contribution in [0.25, 0.3) is 0 Å². The summed E-state index contributed by atoms with van der Waals surface area (Å²) >= 11 is 1.40. The van der Waals surface area contributed by atoms with Crippen molar-refractivity contribution in [3.8, 4) is 0 Å². The van der Waals surface area contributed by atoms with Gasteiger partial charge in [0.15, 0.2) is 5.03 Å². The van der Waals surface area contributed by atoms with Crippen LogP contribution in [-0.2, 0) is 65.8 Å². The third kappa shape index (κ3) is 31.0. The van der Waals surface area contributed by atoms with E-state index in [1.165, 1.54) is 25.6 Å². The number of rotatable bonds is 36. The van der Waals surface area contributed by atoms with Crippen molar-refractivity contribution >= 4 is 77.2 Å². The van der Waals surface area contributed by atoms with Crippen LogP contribution in [0.4, 0.5) is 9.59 Å². The molecular formula is C54H83N13O15S. The molecule has 83 heavy (non-hydrogen) atoms. The van der Waals surface area contributed by atoms with Gasteiger partial charge >= 0.3 is 18.2 Å². The SMILES string of the molecule is CSCCC(NC(=O)C(CC(C)C)NC(=O)C(CCCN=C(N)N[N+](=O)[O-])NC(=O)C(C)NC(=O)C(CCCCNC(=O)OCc1ccccc1)NC(=O)C(CCC(N)=O)NC(=O)OC(C)(C)C)C(=O)NC(C)C(=O)OCc1ccccc1. The predicted molar refractivity (Wildman–Crippen MR) is 308 cm³/mol. The fourth-order valence-corrected chi connectivity index (χ4v) is 8.00. The number of guanidine groups is 1. The topological polar surface area (TPSA) is 414 Å². The highest BCUT2D eigenvalue weighted by Crippen LogP contribution is 2.13. The second kappa shape index (κ2) is 37.7. The first-order valence-corrected chi connectivity index (χ1v) is 28.5. The van der Waals surface area contributed by atoms with Gasteiger partial charge in [0.1, 0.15) is 61.1 Å². The minimum atomic E-state index is -1.45. The highest BCUT2D eigenvalue weighted by Gasteiger charge is 2.34. The van der Waals surface area contributed by atoms with E-state index in [-0.39, 0.29) is 90.0 Å². The average molecular weight is 1190 g/mol. The summed E-state index contributed by atoms with van der Waals surface area (Å²) in [7, 11) is 0. The molecule has 0 spiro atoms. The Kier molecular flexibility index (Phi) is 32.2. The molecular weight excluding hydrogens is 1100 g/mol. The molecule has 2 aromatic carbocycles. The molecule has 28 nitrogen and oxygen atoms in total. The largest absolute Gasteiger partial charge is 0.459 e. The van der Waals surface area contributed by atoms with Crippen molar-refractivity contribution in [1.29, 1.82) is 0 Å². The molecule has 0 fully saturated rings. The number of hydrogen-bond acceptors (Lipinski definition) is 17. The van der Waals surface area contributed by atoms with E-state index in [2.05, 4.69) is 47.5 Å². The van der Waals surface area contributed by atoms with Gasteiger partial charge in [-0.2, -0.15) is 11.8 Å². The van der Waals surface area contributed by atoms with Crippen LogP contribution in [0.15, 0.2) is 65.7 Å². The standard InChI is InChI=1S/C54H83N13O15S/c1-33(2)30-42(49(74)63-41(26-29-83-8)46(71)60-35(4)50(75)80-31-36-18-11-9-12-19-36)64-47(72)39(23-17-28-57-51(56)66-67(78)79)61-44(69)34(3)59-45(70)38(22-15-16-27-58-52(76)81-32-37-20-13-10-14-21-37)62-48(73)40(24-25-43(55)68)65-53(77)82-54(5,6)7/h9-14,18-21,33-35,38-42H,15-17,22-32H2,1-8H3,(H2,55,68)(H,58,76)(H,59,70)(H,60,71)(H,61,69)(H,62,73)(H,63,74)(H,64,72)(H,65,77)(H3,56,57,66). The Morgan fingerprint density at radius 2 is 1.08 bits per heavy atom. The molecule has 0 saturated carbocycles. The number of nitrogens with zero attached hydrogens (tertiary/aromatic N) is 2. The van der Waals surface area contributed by atoms with Gasteiger partial charge in [-0.25, -0.2) is 29.5 Å². The Morgan fingerprint density at radius 1 is 0.602 bits per heavy atom. The maximum atomic E-state index is 14.3. The van der Waals surface area contributed by atoms with Crippen LogP contribution in [0.3, 0.4) is 0 Å². The molecule has 0 aromatic heterocycles. The number of aliphatic imine (C=N–C) groups is 1. The van der Waals surface area contributed by atoms with Crippen LogP contribution in [0.5, 0.6) is 0 Å². The normalized spacial score (nSPS) is 13.8. The molecule has 2 aromatic rings. The van der Waals surface area contributed by atoms with Crippen LogP contribution in [0.2, 0.25) is 0 Å². The van der Waals surface area contributed by atoms with Gasteiger partial charge in [-0.15, -0.1) is 0 Å². The van der Waals surface area contributed by atoms with Crippen molar-refractivity contribution in [3.63, 3.8) is 0 Å². The number of hydrazine groups is 1. The van der Waals surface area contributed by atoms with Gasteiger partial charge in [0.2, 0.25) is 41.4 Å². The first-order chi connectivity index (χ1) is 39.2. The Labute approximate surface area is 487 Å². The van der Waals surface area contributed by atoms with Crippen LogP contribution >= 0.6 is 11.8 Å². The van der Waals surface area contributed by atoms with Gasteiger partial charge in [0.05, 0.1) is 0 Å². The Bertz CT molecular complexity index is 2490. The van der Waals surface area contributed by atoms with E-state index in [0.29, 0.717) is 5.75 Å². The van der Waals surface area contributed by atoms with Gasteiger partial charge in [-0.3, -0.25) is 33.6 Å². The summed E-state index contributed by atoms with van der Waals surface area (Å²) in [5, 5.41) is 30.6. The smallest absolute Gasteiger partial charge is 0.408 e. The zero-order valence-electron chi connectivity index (χ0n) is 48.4. The number of carbonyl (C=O) groups is 10. The van der Waals surface area contributed by atoms with E-state index in [1.807, 2.05) is 12.1 Å². The van der Waals surface area contributed by atoms with Crippen molar-refractivity contribution in [2.24, 2.45) is 22.4 Å². The Morgan fingerprint density at radius 3 is 1.61 bits per heavy atom. The Balaban J connectivity index is 2.37. The fraction of sp³-hybridized carbons (Fsp3) is 0.574. The van der Waals surface area contributed by atoms with Crippen LogP contribution in [0.1, 0.15) is 117 Å². The van der Waals surface area contributed by atoms with Crippen molar-refractivity contribution < 1.29 is 67.2 Å². The van der Waals surface area contributed by atoms with Crippen LogP contribution in [0, 0.1) is 16.0 Å². The van der Waals surface area contributed by atoms with E-state index >= 15 is 0 Å². The van der Waals surface area contributed by atoms with Gasteiger partial charge in [0.25, 0.3) is 5.96 Å². The molecule has 0 saturated heterocycles. The number of ether oxygens (including phenoxy) is 3. The van der Waals surface area contributed by atoms with Crippen molar-refractivity contribution in [2.75, 3.05) is 25.1 Å². The number of unbranched alkanes of at least 4 members (excludes halogenated alkanes) is 1. The number of amides is 9. The third-order valence-corrected chi connectivity index (χ3v) is 12.4. The quantitative estimate of drug-likeness (QED) is 0.00878. The number of benzene rings is 2. The summed E-state index contributed by atoms with van der Waals surface area (Å²) in [4.78, 5) is 149. The second-order valence-electron chi connectivity index (χ2n) is 20.7. The minimum Gasteiger partial charge on any atom is -0.459 e. The molecule has 460 valence electrons. The number of nitrogens with one attached hydrogen (secondary N) is 9. The third-order valence-electron chi connectivity index (χ3n) is 11.8. The van der Waals surface area contributed by atoms with Gasteiger partial charge < -0.3 is 68.2 Å². The molecule has 13 N–H and O–H groups in total. The molecule has 0 aliphatic rings. The molecule has 7 unspecified atom stereocenters. The molecule has 7 atom stereocenters. The maximum Gasteiger partial charge on any atom is 0.408 e. The lowest BCUT2D eigenvalue weighted by Crippen LogP contribution is -2.59. The van der Waals surface area contributed by atoms with Crippen LogP contribution in [-0.4, -0.2) is 143 Å². The maximum absolute atomic E-state index is 14.3. The van der Waals surface area contributed by atoms with Crippen molar-refractivity contribution in [3.05, 3.63) is 81.9 Å². The van der Waals surface area contributed by atoms with Crippen molar-refractivity contribution in [1.82, 2.24) is 48.0 Å². The number of nitro groups is 1. The van der Waals surface area contributed by atoms with E-state index in [1.54, 1.807) is 94.8 Å². The molecule has 0 heterocycles. The first-order valence-electron chi connectivity index (χ1n) is 27.1. The van der Waals surface area contributed by atoms with E-state index in [4.69, 9.17) is 25.7 Å². The number of primary amides is 1. The zero-order chi connectivity index (χ0) is 62.1. The molecule has 0 aliphatic carbocycles. The fourth-order valence-electron chi connectivity index (χ4n) is 7.53. The highest BCUT2D eigenvalue weighted by atomic mass is 32.2. The number of alkyl carbamates (subject to hydrolysis) is 2. The van der Waals surface area contributed by atoms with Gasteiger partial charge in [-0.1, -0.05) is 79.9 Å². The summed E-state index contributed by atoms with van der Waals surface area (Å²) in [6.45, 7) is 11.0. The van der Waals surface area contributed by atoms with Crippen LogP contribution < -0.4 is 59.4 Å². The lowest BCUT2D eigenvalue weighted by molar-refractivity contribution is -0.525. The van der Waals surface area contributed by atoms with Crippen molar-refractivity contribution in [2.45, 2.75) is 167 Å². The lowest BCUT2D eigenvalue weighted by atomic mass is 10.0. The number of carbonyl (C=O) groups excluding carboxylic acids is 10. The average Bonchev–Trinajstić information content (AvgIpc) is 3.42. The van der Waals surface area contributed by atoms with E-state index in [0.717, 1.165) is 11.1 Å². The summed E-state index contributed by atoms with van der Waals surface area (Å²) in [6, 6.07) is 8.65. The van der Waals surface area contributed by atoms with E-state index < -0.39 is 118 Å². The lowest BCUT2D eigenvalue weighted by Gasteiger charge is -2.28. The molecule has 2 rings (SSSR count). The van der Waals surface area contributed by atoms with E-state index in [9.17, 15) is 58.1 Å². The Hall–Kier alpha value is -8.24. The molecule has 9 amide bonds. The summed E-state index contributed by atoms with van der Waals surface area (Å²) < 4.78 is 15.9. The molecule has 29 heteroatoms. The molecule has 0 radical (unpaired) electrons. The monoisotopic (exact) mass is 1190 g/mol. The zero-order valence-corrected chi connectivity index (χ0v) is 49.2. The minimum absolute atomic E-state index is 0.00883. The highest BCUT2D eigenvalue weighted by molar-refractivity contribution is 7.98. The first kappa shape index (κ1) is 70.9. The molecule has 0 bridgehead atoms. The number of hydrogen-bond donors (Lipinski definition) is 11. The van der Waals surface area contributed by atoms with Gasteiger partial charge in [-0.05, 0) is 115 Å². The van der Waals surface area contributed by atoms with Gasteiger partial charge in [0, 0.05) is 19.5 Å². The summed E-state index contributed by atoms with van der Waals surface area (Å²) in [5.74, 6) is -6.86. The number of nitrogens with two attached hydrogens (primary N) is 2. The second-order valence-corrected chi connectivity index (χ2v) is 21.7. The summed E-state index contributed by atoms with van der Waals surface area (Å²) in [6.07, 6.45) is -0.135.